The van der Waals surface area contributed by atoms with Crippen LogP contribution in [0.3, 0.4) is 0 Å². The van der Waals surface area contributed by atoms with Crippen molar-refractivity contribution in [3.05, 3.63) is 35.6 Å². The van der Waals surface area contributed by atoms with Gasteiger partial charge in [0.1, 0.15) is 5.82 Å². The summed E-state index contributed by atoms with van der Waals surface area (Å²) in [5, 5.41) is 2.73. The molecule has 0 unspecified atom stereocenters. The second-order valence-electron chi connectivity index (χ2n) is 5.85. The Morgan fingerprint density at radius 3 is 2.38 bits per heavy atom. The van der Waals surface area contributed by atoms with Crippen LogP contribution in [0.5, 0.6) is 0 Å². The third-order valence-corrected chi connectivity index (χ3v) is 4.15. The number of nitrogens with one attached hydrogen (secondary N) is 1. The fourth-order valence-electron chi connectivity index (χ4n) is 2.70. The molecule has 3 N–H and O–H groups in total. The van der Waals surface area contributed by atoms with Gasteiger partial charge in [0.25, 0.3) is 5.91 Å². The SMILES string of the molecule is Cl.Cl.NCCCC(=O)N1CCN(CCNC(=O)c2ccccc2F)CC1. The predicted octanol–water partition coefficient (Wildman–Crippen LogP) is 1.28. The topological polar surface area (TPSA) is 78.7 Å². The summed E-state index contributed by atoms with van der Waals surface area (Å²) in [4.78, 5) is 27.9. The Morgan fingerprint density at radius 1 is 1.12 bits per heavy atom. The van der Waals surface area contributed by atoms with Crippen LogP contribution in [0.2, 0.25) is 0 Å². The zero-order valence-electron chi connectivity index (χ0n) is 14.7. The minimum Gasteiger partial charge on any atom is -0.351 e. The molecule has 1 aromatic rings. The molecule has 1 aliphatic heterocycles. The highest BCUT2D eigenvalue weighted by Gasteiger charge is 2.20. The molecule has 1 fully saturated rings. The van der Waals surface area contributed by atoms with E-state index in [0.29, 0.717) is 39.1 Å². The van der Waals surface area contributed by atoms with Crippen molar-refractivity contribution in [3.63, 3.8) is 0 Å². The number of piperazine rings is 1. The Morgan fingerprint density at radius 2 is 1.77 bits per heavy atom. The quantitative estimate of drug-likeness (QED) is 0.712. The van der Waals surface area contributed by atoms with E-state index in [2.05, 4.69) is 10.2 Å². The molecule has 0 bridgehead atoms. The summed E-state index contributed by atoms with van der Waals surface area (Å²) in [7, 11) is 0. The molecule has 1 heterocycles. The lowest BCUT2D eigenvalue weighted by Gasteiger charge is -2.34. The van der Waals surface area contributed by atoms with Gasteiger partial charge >= 0.3 is 0 Å². The molecular formula is C17H27Cl2FN4O2. The van der Waals surface area contributed by atoms with Gasteiger partial charge < -0.3 is 16.0 Å². The van der Waals surface area contributed by atoms with Gasteiger partial charge in [0.15, 0.2) is 0 Å². The molecule has 1 saturated heterocycles. The molecule has 0 saturated carbocycles. The van der Waals surface area contributed by atoms with Crippen molar-refractivity contribution in [3.8, 4) is 0 Å². The minimum absolute atomic E-state index is 0. The Balaban J connectivity index is 0.00000312. The van der Waals surface area contributed by atoms with Gasteiger partial charge in [0.2, 0.25) is 5.91 Å². The van der Waals surface area contributed by atoms with E-state index in [1.165, 1.54) is 12.1 Å². The number of amides is 2. The summed E-state index contributed by atoms with van der Waals surface area (Å²) in [6.45, 7) is 4.63. The first-order chi connectivity index (χ1) is 11.6. The van der Waals surface area contributed by atoms with Crippen LogP contribution in [-0.2, 0) is 4.79 Å². The molecular weight excluding hydrogens is 382 g/mol. The van der Waals surface area contributed by atoms with E-state index < -0.39 is 11.7 Å². The maximum atomic E-state index is 13.5. The fraction of sp³-hybridized carbons (Fsp3) is 0.529. The minimum atomic E-state index is -0.514. The van der Waals surface area contributed by atoms with Gasteiger partial charge in [-0.25, -0.2) is 4.39 Å². The van der Waals surface area contributed by atoms with Crippen LogP contribution >= 0.6 is 24.8 Å². The molecule has 0 radical (unpaired) electrons. The number of hydrogen-bond donors (Lipinski definition) is 2. The maximum absolute atomic E-state index is 13.5. The van der Waals surface area contributed by atoms with Gasteiger partial charge in [0, 0.05) is 45.7 Å². The van der Waals surface area contributed by atoms with Crippen LogP contribution in [0.1, 0.15) is 23.2 Å². The number of benzene rings is 1. The molecule has 0 aromatic heterocycles. The van der Waals surface area contributed by atoms with E-state index in [1.54, 1.807) is 12.1 Å². The molecule has 9 heteroatoms. The van der Waals surface area contributed by atoms with Crippen LogP contribution in [0.25, 0.3) is 0 Å². The van der Waals surface area contributed by atoms with Gasteiger partial charge in [-0.2, -0.15) is 0 Å². The molecule has 2 rings (SSSR count). The first-order valence-corrected chi connectivity index (χ1v) is 8.34. The van der Waals surface area contributed by atoms with Crippen molar-refractivity contribution >= 4 is 36.6 Å². The molecule has 1 aliphatic rings. The van der Waals surface area contributed by atoms with Crippen molar-refractivity contribution in [1.82, 2.24) is 15.1 Å². The Hall–Kier alpha value is -1.41. The second kappa shape index (κ2) is 12.9. The molecule has 0 aliphatic carbocycles. The maximum Gasteiger partial charge on any atom is 0.254 e. The standard InChI is InChI=1S/C17H25FN4O2.2ClH/c18-15-5-2-1-4-14(15)17(24)20-8-9-21-10-12-22(13-11-21)16(23)6-3-7-19;;/h1-2,4-5H,3,6-13,19H2,(H,20,24);2*1H. The van der Waals surface area contributed by atoms with Crippen molar-refractivity contribution < 1.29 is 14.0 Å². The van der Waals surface area contributed by atoms with E-state index in [4.69, 9.17) is 5.73 Å². The first kappa shape index (κ1) is 24.6. The average Bonchev–Trinajstić information content (AvgIpc) is 2.60. The summed E-state index contributed by atoms with van der Waals surface area (Å²) in [5.41, 5.74) is 5.48. The zero-order chi connectivity index (χ0) is 17.4. The number of halogens is 3. The predicted molar refractivity (Wildman–Crippen MR) is 105 cm³/mol. The monoisotopic (exact) mass is 408 g/mol. The largest absolute Gasteiger partial charge is 0.351 e. The van der Waals surface area contributed by atoms with Gasteiger partial charge in [-0.15, -0.1) is 24.8 Å². The molecule has 26 heavy (non-hydrogen) atoms. The van der Waals surface area contributed by atoms with Crippen LogP contribution in [0.15, 0.2) is 24.3 Å². The molecule has 0 spiro atoms. The molecule has 1 aromatic carbocycles. The van der Waals surface area contributed by atoms with Crippen molar-refractivity contribution in [2.24, 2.45) is 5.73 Å². The highest BCUT2D eigenvalue weighted by atomic mass is 35.5. The van der Waals surface area contributed by atoms with Crippen molar-refractivity contribution in [1.29, 1.82) is 0 Å². The smallest absolute Gasteiger partial charge is 0.254 e. The first-order valence-electron chi connectivity index (χ1n) is 8.34. The normalized spacial score (nSPS) is 14.2. The summed E-state index contributed by atoms with van der Waals surface area (Å²) in [6, 6.07) is 5.94. The van der Waals surface area contributed by atoms with Gasteiger partial charge in [-0.1, -0.05) is 12.1 Å². The lowest BCUT2D eigenvalue weighted by molar-refractivity contribution is -0.133. The van der Waals surface area contributed by atoms with E-state index in [-0.39, 0.29) is 36.3 Å². The van der Waals surface area contributed by atoms with Crippen LogP contribution in [0.4, 0.5) is 4.39 Å². The Bertz CT molecular complexity index is 569. The molecule has 0 atom stereocenters. The molecule has 6 nitrogen and oxygen atoms in total. The number of rotatable bonds is 7. The summed E-state index contributed by atoms with van der Waals surface area (Å²) < 4.78 is 13.5. The van der Waals surface area contributed by atoms with Crippen molar-refractivity contribution in [2.45, 2.75) is 12.8 Å². The van der Waals surface area contributed by atoms with Gasteiger partial charge in [0.05, 0.1) is 5.56 Å². The highest BCUT2D eigenvalue weighted by molar-refractivity contribution is 5.94. The van der Waals surface area contributed by atoms with E-state index in [0.717, 1.165) is 19.5 Å². The van der Waals surface area contributed by atoms with E-state index >= 15 is 0 Å². The van der Waals surface area contributed by atoms with Crippen molar-refractivity contribution in [2.75, 3.05) is 45.8 Å². The summed E-state index contributed by atoms with van der Waals surface area (Å²) >= 11 is 0. The average molecular weight is 409 g/mol. The lowest BCUT2D eigenvalue weighted by Crippen LogP contribution is -2.50. The number of carbonyl (C=O) groups is 2. The number of nitrogens with zero attached hydrogens (tertiary/aromatic N) is 2. The summed E-state index contributed by atoms with van der Waals surface area (Å²) in [5.74, 6) is -0.753. The fourth-order valence-corrected chi connectivity index (χ4v) is 2.70. The second-order valence-corrected chi connectivity index (χ2v) is 5.85. The Kier molecular flexibility index (Phi) is 12.2. The van der Waals surface area contributed by atoms with Crippen LogP contribution in [-0.4, -0.2) is 67.4 Å². The summed E-state index contributed by atoms with van der Waals surface area (Å²) in [6.07, 6.45) is 1.23. The highest BCUT2D eigenvalue weighted by Crippen LogP contribution is 2.06. The van der Waals surface area contributed by atoms with Crippen LogP contribution < -0.4 is 11.1 Å². The molecule has 148 valence electrons. The van der Waals surface area contributed by atoms with E-state index in [1.807, 2.05) is 4.90 Å². The number of nitrogens with two attached hydrogens (primary N) is 1. The Labute approximate surface area is 166 Å². The third-order valence-electron chi connectivity index (χ3n) is 4.15. The van der Waals surface area contributed by atoms with Gasteiger partial charge in [-0.3, -0.25) is 14.5 Å². The lowest BCUT2D eigenvalue weighted by atomic mass is 10.2. The number of hydrogen-bond acceptors (Lipinski definition) is 4. The zero-order valence-corrected chi connectivity index (χ0v) is 16.3. The third kappa shape index (κ3) is 7.45. The molecule has 2 amide bonds. The van der Waals surface area contributed by atoms with E-state index in [9.17, 15) is 14.0 Å². The number of carbonyl (C=O) groups excluding carboxylic acids is 2. The van der Waals surface area contributed by atoms with Gasteiger partial charge in [-0.05, 0) is 25.1 Å². The van der Waals surface area contributed by atoms with Crippen LogP contribution in [0, 0.1) is 5.82 Å².